The Kier molecular flexibility index (Phi) is 4.77. The normalized spacial score (nSPS) is 19.6. The van der Waals surface area contributed by atoms with Gasteiger partial charge < -0.3 is 10.2 Å². The molecule has 1 fully saturated rings. The fourth-order valence-corrected chi connectivity index (χ4v) is 3.39. The van der Waals surface area contributed by atoms with Crippen LogP contribution in [0.2, 0.25) is 0 Å². The first-order valence-electron chi connectivity index (χ1n) is 7.35. The van der Waals surface area contributed by atoms with E-state index in [1.807, 2.05) is 0 Å². The van der Waals surface area contributed by atoms with Gasteiger partial charge in [-0.3, -0.25) is 5.10 Å². The lowest BCUT2D eigenvalue weighted by Crippen LogP contribution is -2.35. The lowest BCUT2D eigenvalue weighted by Gasteiger charge is -2.29. The summed E-state index contributed by atoms with van der Waals surface area (Å²) in [5.74, 6) is 0.756. The van der Waals surface area contributed by atoms with Crippen LogP contribution < -0.4 is 5.32 Å². The molecule has 21 heavy (non-hydrogen) atoms. The van der Waals surface area contributed by atoms with Crippen LogP contribution in [0.4, 0.5) is 5.69 Å². The number of aromatic nitrogens is 3. The van der Waals surface area contributed by atoms with Gasteiger partial charge in [0, 0.05) is 23.7 Å². The predicted molar refractivity (Wildman–Crippen MR) is 85.7 cm³/mol. The molecule has 0 amide bonds. The van der Waals surface area contributed by atoms with Crippen molar-refractivity contribution >= 4 is 17.4 Å². The van der Waals surface area contributed by atoms with Gasteiger partial charge in [-0.1, -0.05) is 11.8 Å². The van der Waals surface area contributed by atoms with Crippen LogP contribution in [0, 0.1) is 5.92 Å². The zero-order valence-electron chi connectivity index (χ0n) is 12.2. The topological polar surface area (TPSA) is 56.8 Å². The minimum atomic E-state index is 0.756. The summed E-state index contributed by atoms with van der Waals surface area (Å²) >= 11 is 1.59. The summed E-state index contributed by atoms with van der Waals surface area (Å²) in [5, 5.41) is 11.1. The maximum Gasteiger partial charge on any atom is 0.188 e. The van der Waals surface area contributed by atoms with E-state index in [-0.39, 0.29) is 0 Å². The maximum absolute atomic E-state index is 4.11. The Labute approximate surface area is 129 Å². The smallest absolute Gasteiger partial charge is 0.188 e. The molecule has 1 aromatic carbocycles. The Bertz CT molecular complexity index is 540. The van der Waals surface area contributed by atoms with Crippen LogP contribution >= 0.6 is 11.8 Å². The largest absolute Gasteiger partial charge is 0.385 e. The summed E-state index contributed by atoms with van der Waals surface area (Å²) in [5.41, 5.74) is 1.19. The van der Waals surface area contributed by atoms with Crippen molar-refractivity contribution in [3.05, 3.63) is 30.6 Å². The molecule has 2 aromatic rings. The van der Waals surface area contributed by atoms with Crippen molar-refractivity contribution in [3.8, 4) is 0 Å². The molecule has 2 heterocycles. The fourth-order valence-electron chi connectivity index (χ4n) is 2.70. The third-order valence-electron chi connectivity index (χ3n) is 3.78. The number of aromatic amines is 1. The Hall–Kier alpha value is -1.53. The van der Waals surface area contributed by atoms with Crippen LogP contribution in [0.1, 0.15) is 12.8 Å². The Morgan fingerprint density at radius 2 is 2.24 bits per heavy atom. The quantitative estimate of drug-likeness (QED) is 0.889. The zero-order valence-corrected chi connectivity index (χ0v) is 13.1. The zero-order chi connectivity index (χ0) is 14.5. The molecule has 1 aliphatic heterocycles. The van der Waals surface area contributed by atoms with E-state index >= 15 is 0 Å². The average Bonchev–Trinajstić information content (AvgIpc) is 3.00. The summed E-state index contributed by atoms with van der Waals surface area (Å²) in [4.78, 5) is 7.70. The van der Waals surface area contributed by atoms with Crippen LogP contribution in [-0.4, -0.2) is 46.8 Å². The second-order valence-electron chi connectivity index (χ2n) is 5.57. The highest BCUT2D eigenvalue weighted by atomic mass is 32.2. The molecule has 3 rings (SSSR count). The van der Waals surface area contributed by atoms with Crippen molar-refractivity contribution in [1.82, 2.24) is 20.1 Å². The molecule has 0 saturated carbocycles. The summed E-state index contributed by atoms with van der Waals surface area (Å²) in [6.07, 6.45) is 4.17. The lowest BCUT2D eigenvalue weighted by atomic mass is 9.98. The van der Waals surface area contributed by atoms with Crippen molar-refractivity contribution in [3.63, 3.8) is 0 Å². The first-order chi connectivity index (χ1) is 10.3. The molecule has 6 heteroatoms. The molecule has 0 radical (unpaired) electrons. The predicted octanol–water partition coefficient (Wildman–Crippen LogP) is 2.71. The molecule has 1 aliphatic rings. The van der Waals surface area contributed by atoms with E-state index in [2.05, 4.69) is 56.7 Å². The standard InChI is InChI=1S/C15H21N5S/c1-20-8-2-3-12(10-20)9-16-13-4-6-14(7-5-13)21-15-17-11-18-19-15/h4-7,11-12,16H,2-3,8-10H2,1H3,(H,17,18,19). The summed E-state index contributed by atoms with van der Waals surface area (Å²) < 4.78 is 0. The molecular weight excluding hydrogens is 282 g/mol. The Morgan fingerprint density at radius 1 is 1.38 bits per heavy atom. The van der Waals surface area contributed by atoms with Crippen LogP contribution in [-0.2, 0) is 0 Å². The van der Waals surface area contributed by atoms with E-state index in [1.165, 1.54) is 37.9 Å². The summed E-state index contributed by atoms with van der Waals surface area (Å²) in [6.45, 7) is 3.50. The highest BCUT2D eigenvalue weighted by Gasteiger charge is 2.16. The molecule has 112 valence electrons. The molecular formula is C15H21N5S. The third-order valence-corrected chi connectivity index (χ3v) is 4.68. The number of H-pyrrole nitrogens is 1. The van der Waals surface area contributed by atoms with E-state index in [9.17, 15) is 0 Å². The monoisotopic (exact) mass is 303 g/mol. The molecule has 1 aromatic heterocycles. The molecule has 5 nitrogen and oxygen atoms in total. The molecule has 2 N–H and O–H groups in total. The Balaban J connectivity index is 1.50. The van der Waals surface area contributed by atoms with E-state index in [4.69, 9.17) is 0 Å². The lowest BCUT2D eigenvalue weighted by molar-refractivity contribution is 0.217. The van der Waals surface area contributed by atoms with Gasteiger partial charge in [0.25, 0.3) is 0 Å². The average molecular weight is 303 g/mol. The number of benzene rings is 1. The van der Waals surface area contributed by atoms with Crippen molar-refractivity contribution in [2.75, 3.05) is 32.0 Å². The van der Waals surface area contributed by atoms with E-state index in [0.29, 0.717) is 0 Å². The van der Waals surface area contributed by atoms with Gasteiger partial charge in [-0.05, 0) is 56.6 Å². The van der Waals surface area contributed by atoms with Crippen LogP contribution in [0.3, 0.4) is 0 Å². The van der Waals surface area contributed by atoms with Gasteiger partial charge in [-0.25, -0.2) is 4.98 Å². The molecule has 1 unspecified atom stereocenters. The van der Waals surface area contributed by atoms with Gasteiger partial charge in [0.05, 0.1) is 0 Å². The molecule has 1 atom stereocenters. The number of nitrogens with one attached hydrogen (secondary N) is 2. The first kappa shape index (κ1) is 14.4. The highest BCUT2D eigenvalue weighted by Crippen LogP contribution is 2.25. The van der Waals surface area contributed by atoms with Gasteiger partial charge in [0.15, 0.2) is 5.16 Å². The number of anilines is 1. The van der Waals surface area contributed by atoms with Crippen LogP contribution in [0.15, 0.2) is 40.6 Å². The second kappa shape index (κ2) is 6.95. The second-order valence-corrected chi connectivity index (χ2v) is 6.63. The SMILES string of the molecule is CN1CCCC(CNc2ccc(Sc3ncn[nH]3)cc2)C1. The third kappa shape index (κ3) is 4.22. The number of piperidine rings is 1. The van der Waals surface area contributed by atoms with Gasteiger partial charge >= 0.3 is 0 Å². The minimum absolute atomic E-state index is 0.756. The number of likely N-dealkylation sites (tertiary alicyclic amines) is 1. The minimum Gasteiger partial charge on any atom is -0.385 e. The maximum atomic E-state index is 4.11. The Morgan fingerprint density at radius 3 is 2.95 bits per heavy atom. The van der Waals surface area contributed by atoms with Crippen molar-refractivity contribution in [2.24, 2.45) is 5.92 Å². The fraction of sp³-hybridized carbons (Fsp3) is 0.467. The molecule has 0 aliphatic carbocycles. The van der Waals surface area contributed by atoms with Gasteiger partial charge in [-0.2, -0.15) is 5.10 Å². The number of hydrogen-bond acceptors (Lipinski definition) is 5. The van der Waals surface area contributed by atoms with Gasteiger partial charge in [0.2, 0.25) is 0 Å². The van der Waals surface area contributed by atoms with Crippen molar-refractivity contribution in [1.29, 1.82) is 0 Å². The van der Waals surface area contributed by atoms with E-state index < -0.39 is 0 Å². The van der Waals surface area contributed by atoms with Crippen LogP contribution in [0.5, 0.6) is 0 Å². The molecule has 0 spiro atoms. The summed E-state index contributed by atoms with van der Waals surface area (Å²) in [6, 6.07) is 8.49. The molecule has 0 bridgehead atoms. The van der Waals surface area contributed by atoms with E-state index in [0.717, 1.165) is 22.5 Å². The number of hydrogen-bond donors (Lipinski definition) is 2. The first-order valence-corrected chi connectivity index (χ1v) is 8.17. The van der Waals surface area contributed by atoms with E-state index in [1.54, 1.807) is 11.8 Å². The molecule has 1 saturated heterocycles. The van der Waals surface area contributed by atoms with Crippen molar-refractivity contribution in [2.45, 2.75) is 22.9 Å². The summed E-state index contributed by atoms with van der Waals surface area (Å²) in [7, 11) is 2.21. The van der Waals surface area contributed by atoms with Crippen LogP contribution in [0.25, 0.3) is 0 Å². The number of nitrogens with zero attached hydrogens (tertiary/aromatic N) is 3. The van der Waals surface area contributed by atoms with Gasteiger partial charge in [0.1, 0.15) is 6.33 Å². The number of rotatable bonds is 5. The highest BCUT2D eigenvalue weighted by molar-refractivity contribution is 7.99. The van der Waals surface area contributed by atoms with Gasteiger partial charge in [-0.15, -0.1) is 0 Å². The van der Waals surface area contributed by atoms with Crippen molar-refractivity contribution < 1.29 is 0 Å².